The third kappa shape index (κ3) is 4.60. The van der Waals surface area contributed by atoms with Crippen LogP contribution in [0.5, 0.6) is 0 Å². The molecule has 1 aromatic carbocycles. The molecule has 104 valence electrons. The van der Waals surface area contributed by atoms with E-state index < -0.39 is 0 Å². The van der Waals surface area contributed by atoms with Crippen molar-refractivity contribution in [1.82, 2.24) is 10.2 Å². The van der Waals surface area contributed by atoms with Crippen LogP contribution >= 0.6 is 15.9 Å². The molecule has 0 radical (unpaired) electrons. The molecule has 1 atom stereocenters. The highest BCUT2D eigenvalue weighted by Crippen LogP contribution is 2.11. The molecule has 1 N–H and O–H groups in total. The molecular weight excluding hydrogens is 308 g/mol. The lowest BCUT2D eigenvalue weighted by Crippen LogP contribution is -2.46. The van der Waals surface area contributed by atoms with Crippen molar-refractivity contribution in [2.24, 2.45) is 0 Å². The molecule has 2 rings (SSSR count). The maximum Gasteiger partial charge on any atom is 0.251 e. The summed E-state index contributed by atoms with van der Waals surface area (Å²) < 4.78 is 6.23. The maximum atomic E-state index is 12.1. The maximum absolute atomic E-state index is 12.1. The van der Waals surface area contributed by atoms with Gasteiger partial charge in [-0.15, -0.1) is 0 Å². The van der Waals surface area contributed by atoms with E-state index in [0.29, 0.717) is 5.56 Å². The van der Waals surface area contributed by atoms with Gasteiger partial charge < -0.3 is 10.1 Å². The van der Waals surface area contributed by atoms with Crippen LogP contribution in [0.1, 0.15) is 17.3 Å². The Morgan fingerprint density at radius 2 is 2.21 bits per heavy atom. The number of carbonyl (C=O) groups excluding carboxylic acids is 1. The number of carbonyl (C=O) groups is 1. The van der Waals surface area contributed by atoms with Crippen LogP contribution in [-0.4, -0.2) is 49.7 Å². The summed E-state index contributed by atoms with van der Waals surface area (Å²) in [5.41, 5.74) is 0.684. The van der Waals surface area contributed by atoms with Crippen LogP contribution in [0.3, 0.4) is 0 Å². The summed E-state index contributed by atoms with van der Waals surface area (Å²) in [5, 5.41) is 3.03. The van der Waals surface area contributed by atoms with Crippen molar-refractivity contribution < 1.29 is 9.53 Å². The van der Waals surface area contributed by atoms with E-state index in [1.807, 2.05) is 31.2 Å². The third-order valence-corrected chi connectivity index (χ3v) is 3.59. The lowest BCUT2D eigenvalue weighted by molar-refractivity contribution is 0.0342. The zero-order valence-corrected chi connectivity index (χ0v) is 12.6. The number of ether oxygens (including phenoxy) is 1. The number of hydrogen-bond donors (Lipinski definition) is 1. The SMILES string of the molecule is CC(CN1CCOCC1)NC(=O)c1cccc(Br)c1. The molecule has 19 heavy (non-hydrogen) atoms. The summed E-state index contributed by atoms with van der Waals surface area (Å²) >= 11 is 3.37. The standard InChI is InChI=1S/C14H19BrN2O2/c1-11(10-17-5-7-19-8-6-17)16-14(18)12-3-2-4-13(15)9-12/h2-4,9,11H,5-8,10H2,1H3,(H,16,18). The van der Waals surface area contributed by atoms with Gasteiger partial charge in [0.05, 0.1) is 13.2 Å². The van der Waals surface area contributed by atoms with E-state index in [1.165, 1.54) is 0 Å². The highest BCUT2D eigenvalue weighted by molar-refractivity contribution is 9.10. The fraction of sp³-hybridized carbons (Fsp3) is 0.500. The van der Waals surface area contributed by atoms with E-state index >= 15 is 0 Å². The Kier molecular flexibility index (Phi) is 5.36. The van der Waals surface area contributed by atoms with Gasteiger partial charge >= 0.3 is 0 Å². The van der Waals surface area contributed by atoms with Gasteiger partial charge in [-0.25, -0.2) is 0 Å². The van der Waals surface area contributed by atoms with Crippen LogP contribution in [0.25, 0.3) is 0 Å². The van der Waals surface area contributed by atoms with Gasteiger partial charge in [0.2, 0.25) is 0 Å². The molecule has 0 aromatic heterocycles. The Bertz CT molecular complexity index is 433. The van der Waals surface area contributed by atoms with Gasteiger partial charge in [0.25, 0.3) is 5.91 Å². The summed E-state index contributed by atoms with van der Waals surface area (Å²) in [5.74, 6) is -0.0259. The Balaban J connectivity index is 1.84. The molecule has 1 unspecified atom stereocenters. The van der Waals surface area contributed by atoms with Crippen LogP contribution in [0.4, 0.5) is 0 Å². The predicted octanol–water partition coefficient (Wildman–Crippen LogP) is 1.90. The molecule has 1 aromatic rings. The Morgan fingerprint density at radius 3 is 2.89 bits per heavy atom. The average Bonchev–Trinajstić information content (AvgIpc) is 2.39. The van der Waals surface area contributed by atoms with E-state index in [1.54, 1.807) is 0 Å². The van der Waals surface area contributed by atoms with Gasteiger partial charge in [0, 0.05) is 35.7 Å². The van der Waals surface area contributed by atoms with Crippen LogP contribution in [0, 0.1) is 0 Å². The van der Waals surface area contributed by atoms with Gasteiger partial charge in [-0.1, -0.05) is 22.0 Å². The molecule has 1 amide bonds. The van der Waals surface area contributed by atoms with Crippen molar-refractivity contribution in [3.05, 3.63) is 34.3 Å². The minimum atomic E-state index is -0.0259. The first-order valence-corrected chi connectivity index (χ1v) is 7.31. The van der Waals surface area contributed by atoms with Gasteiger partial charge in [-0.05, 0) is 25.1 Å². The van der Waals surface area contributed by atoms with Gasteiger partial charge in [0.15, 0.2) is 0 Å². The number of halogens is 1. The molecule has 1 aliphatic rings. The summed E-state index contributed by atoms with van der Waals surface area (Å²) in [7, 11) is 0. The zero-order chi connectivity index (χ0) is 13.7. The molecule has 0 spiro atoms. The molecule has 5 heteroatoms. The first-order chi connectivity index (χ1) is 9.15. The Morgan fingerprint density at radius 1 is 1.47 bits per heavy atom. The van der Waals surface area contributed by atoms with Crippen molar-refractivity contribution >= 4 is 21.8 Å². The Hall–Kier alpha value is -0.910. The van der Waals surface area contributed by atoms with Gasteiger partial charge in [-0.2, -0.15) is 0 Å². The lowest BCUT2D eigenvalue weighted by atomic mass is 10.2. The number of nitrogens with zero attached hydrogens (tertiary/aromatic N) is 1. The summed E-state index contributed by atoms with van der Waals surface area (Å²) in [6.45, 7) is 6.35. The number of morpholine rings is 1. The number of amides is 1. The minimum Gasteiger partial charge on any atom is -0.379 e. The third-order valence-electron chi connectivity index (χ3n) is 3.10. The molecular formula is C14H19BrN2O2. The van der Waals surface area contributed by atoms with Gasteiger partial charge in [0.1, 0.15) is 0 Å². The molecule has 1 fully saturated rings. The van der Waals surface area contributed by atoms with E-state index in [0.717, 1.165) is 37.3 Å². The van der Waals surface area contributed by atoms with E-state index in [9.17, 15) is 4.79 Å². The van der Waals surface area contributed by atoms with Crippen molar-refractivity contribution in [2.75, 3.05) is 32.8 Å². The molecule has 0 aliphatic carbocycles. The fourth-order valence-corrected chi connectivity index (χ4v) is 2.55. The number of benzene rings is 1. The Labute approximate surface area is 122 Å². The quantitative estimate of drug-likeness (QED) is 0.918. The monoisotopic (exact) mass is 326 g/mol. The molecule has 1 aliphatic heterocycles. The van der Waals surface area contributed by atoms with Crippen LogP contribution in [0.2, 0.25) is 0 Å². The van der Waals surface area contributed by atoms with Crippen LogP contribution in [-0.2, 0) is 4.74 Å². The first-order valence-electron chi connectivity index (χ1n) is 6.51. The van der Waals surface area contributed by atoms with E-state index in [-0.39, 0.29) is 11.9 Å². The number of rotatable bonds is 4. The molecule has 0 saturated carbocycles. The zero-order valence-electron chi connectivity index (χ0n) is 11.1. The molecule has 1 saturated heterocycles. The normalized spacial score (nSPS) is 18.0. The summed E-state index contributed by atoms with van der Waals surface area (Å²) in [6, 6.07) is 7.56. The van der Waals surface area contributed by atoms with Crippen molar-refractivity contribution in [3.63, 3.8) is 0 Å². The second kappa shape index (κ2) is 7.03. The predicted molar refractivity (Wildman–Crippen MR) is 78.3 cm³/mol. The van der Waals surface area contributed by atoms with Crippen molar-refractivity contribution in [3.8, 4) is 0 Å². The fourth-order valence-electron chi connectivity index (χ4n) is 2.15. The van der Waals surface area contributed by atoms with Crippen LogP contribution in [0.15, 0.2) is 28.7 Å². The molecule has 4 nitrogen and oxygen atoms in total. The largest absolute Gasteiger partial charge is 0.379 e. The lowest BCUT2D eigenvalue weighted by Gasteiger charge is -2.29. The average molecular weight is 327 g/mol. The second-order valence-electron chi connectivity index (χ2n) is 4.80. The smallest absolute Gasteiger partial charge is 0.251 e. The van der Waals surface area contributed by atoms with Gasteiger partial charge in [-0.3, -0.25) is 9.69 Å². The van der Waals surface area contributed by atoms with Crippen molar-refractivity contribution in [2.45, 2.75) is 13.0 Å². The summed E-state index contributed by atoms with van der Waals surface area (Å²) in [4.78, 5) is 14.4. The van der Waals surface area contributed by atoms with Crippen molar-refractivity contribution in [1.29, 1.82) is 0 Å². The van der Waals surface area contributed by atoms with E-state index in [2.05, 4.69) is 26.1 Å². The number of nitrogens with one attached hydrogen (secondary N) is 1. The summed E-state index contributed by atoms with van der Waals surface area (Å²) in [6.07, 6.45) is 0. The highest BCUT2D eigenvalue weighted by atomic mass is 79.9. The number of hydrogen-bond acceptors (Lipinski definition) is 3. The molecule has 0 bridgehead atoms. The van der Waals surface area contributed by atoms with Crippen LogP contribution < -0.4 is 5.32 Å². The highest BCUT2D eigenvalue weighted by Gasteiger charge is 2.15. The second-order valence-corrected chi connectivity index (χ2v) is 5.71. The topological polar surface area (TPSA) is 41.6 Å². The van der Waals surface area contributed by atoms with E-state index in [4.69, 9.17) is 4.74 Å². The minimum absolute atomic E-state index is 0.0259. The first kappa shape index (κ1) is 14.5. The molecule has 1 heterocycles.